The molecule has 0 fully saturated rings. The van der Waals surface area contributed by atoms with Crippen LogP contribution in [0.15, 0.2) is 60.7 Å². The highest BCUT2D eigenvalue weighted by molar-refractivity contribution is 5.99. The second-order valence-electron chi connectivity index (χ2n) is 7.66. The quantitative estimate of drug-likeness (QED) is 0.533. The first kappa shape index (κ1) is 21.3. The number of carbonyl (C=O) groups excluding carboxylic acids is 2. The number of hydrogen-bond donors (Lipinski definition) is 0. The van der Waals surface area contributed by atoms with E-state index in [4.69, 9.17) is 10.00 Å². The van der Waals surface area contributed by atoms with Gasteiger partial charge in [-0.15, -0.1) is 0 Å². The van der Waals surface area contributed by atoms with Gasteiger partial charge in [0.15, 0.2) is 11.8 Å². The van der Waals surface area contributed by atoms with Crippen LogP contribution in [0.3, 0.4) is 0 Å². The molecule has 1 heterocycles. The highest BCUT2D eigenvalue weighted by atomic mass is 16.5. The summed E-state index contributed by atoms with van der Waals surface area (Å²) in [6.45, 7) is 1.77. The van der Waals surface area contributed by atoms with Crippen molar-refractivity contribution in [2.45, 2.75) is 38.7 Å². The van der Waals surface area contributed by atoms with E-state index in [9.17, 15) is 9.59 Å². The van der Waals surface area contributed by atoms with Crippen molar-refractivity contribution in [2.75, 3.05) is 11.4 Å². The van der Waals surface area contributed by atoms with Gasteiger partial charge in [-0.3, -0.25) is 4.79 Å². The zero-order valence-corrected chi connectivity index (χ0v) is 17.9. The Bertz CT molecular complexity index is 1150. The van der Waals surface area contributed by atoms with Crippen molar-refractivity contribution in [3.05, 3.63) is 77.6 Å². The van der Waals surface area contributed by atoms with Crippen LogP contribution in [0.2, 0.25) is 0 Å². The molecule has 7 heteroatoms. The molecule has 32 heavy (non-hydrogen) atoms. The summed E-state index contributed by atoms with van der Waals surface area (Å²) in [4.78, 5) is 27.6. The molecule has 0 aliphatic heterocycles. The van der Waals surface area contributed by atoms with Crippen molar-refractivity contribution in [1.82, 2.24) is 9.78 Å². The summed E-state index contributed by atoms with van der Waals surface area (Å²) in [6.07, 6.45) is 1.71. The first-order chi connectivity index (χ1) is 15.6. The number of aromatic nitrogens is 2. The number of amides is 1. The number of ether oxygens (including phenoxy) is 1. The zero-order valence-electron chi connectivity index (χ0n) is 17.9. The predicted octanol–water partition coefficient (Wildman–Crippen LogP) is 3.85. The minimum atomic E-state index is -1.01. The molecule has 1 atom stereocenters. The molecule has 1 aliphatic carbocycles. The fourth-order valence-electron chi connectivity index (χ4n) is 4.01. The summed E-state index contributed by atoms with van der Waals surface area (Å²) in [7, 11) is 0. The Morgan fingerprint density at radius 3 is 2.50 bits per heavy atom. The van der Waals surface area contributed by atoms with Gasteiger partial charge in [0.05, 0.1) is 18.2 Å². The largest absolute Gasteiger partial charge is 0.448 e. The minimum Gasteiger partial charge on any atom is -0.448 e. The molecule has 0 saturated heterocycles. The first-order valence-corrected chi connectivity index (χ1v) is 10.7. The lowest BCUT2D eigenvalue weighted by Crippen LogP contribution is -2.40. The Hall–Kier alpha value is -3.92. The molecule has 1 aromatic heterocycles. The van der Waals surface area contributed by atoms with Gasteiger partial charge < -0.3 is 9.64 Å². The second-order valence-corrected chi connectivity index (χ2v) is 7.66. The SMILES string of the molecule is CC(OC(=O)c1nn(-c2ccccc2)c2c1CCC2)C(=O)N(CCC#N)c1ccccc1. The van der Waals surface area contributed by atoms with E-state index in [1.54, 1.807) is 23.7 Å². The van der Waals surface area contributed by atoms with Crippen molar-refractivity contribution in [3.63, 3.8) is 0 Å². The van der Waals surface area contributed by atoms with Crippen LogP contribution in [0.5, 0.6) is 0 Å². The van der Waals surface area contributed by atoms with Crippen molar-refractivity contribution in [2.24, 2.45) is 0 Å². The molecule has 0 bridgehead atoms. The zero-order chi connectivity index (χ0) is 22.5. The van der Waals surface area contributed by atoms with E-state index in [0.29, 0.717) is 5.69 Å². The third-order valence-corrected chi connectivity index (χ3v) is 5.54. The number of hydrogen-bond acceptors (Lipinski definition) is 5. The van der Waals surface area contributed by atoms with Gasteiger partial charge in [0, 0.05) is 23.5 Å². The fourth-order valence-corrected chi connectivity index (χ4v) is 4.01. The molecule has 1 unspecified atom stereocenters. The lowest BCUT2D eigenvalue weighted by molar-refractivity contribution is -0.126. The van der Waals surface area contributed by atoms with Gasteiger partial charge in [0.2, 0.25) is 0 Å². The average molecular weight is 428 g/mol. The second kappa shape index (κ2) is 9.48. The van der Waals surface area contributed by atoms with Crippen LogP contribution in [0, 0.1) is 11.3 Å². The summed E-state index contributed by atoms with van der Waals surface area (Å²) >= 11 is 0. The van der Waals surface area contributed by atoms with Gasteiger partial charge in [-0.05, 0) is 50.5 Å². The van der Waals surface area contributed by atoms with Crippen LogP contribution in [-0.2, 0) is 22.4 Å². The first-order valence-electron chi connectivity index (χ1n) is 10.7. The maximum atomic E-state index is 13.1. The molecular weight excluding hydrogens is 404 g/mol. The molecule has 162 valence electrons. The molecule has 7 nitrogen and oxygen atoms in total. The van der Waals surface area contributed by atoms with E-state index in [1.807, 2.05) is 48.5 Å². The molecule has 1 aliphatic rings. The molecule has 4 rings (SSSR count). The summed E-state index contributed by atoms with van der Waals surface area (Å²) in [6, 6.07) is 20.8. The Morgan fingerprint density at radius 1 is 1.12 bits per heavy atom. The molecular formula is C25H24N4O3. The van der Waals surface area contributed by atoms with E-state index in [0.717, 1.165) is 36.2 Å². The van der Waals surface area contributed by atoms with Gasteiger partial charge in [-0.25, -0.2) is 9.48 Å². The standard InChI is InChI=1S/C25H24N4O3/c1-18(24(30)28(17-9-16-26)19-10-4-2-5-11-19)32-25(31)23-21-14-8-15-22(21)29(27-23)20-12-6-3-7-13-20/h2-7,10-13,18H,8-9,14-15,17H2,1H3. The third kappa shape index (κ3) is 4.26. The number of carbonyl (C=O) groups is 2. The number of rotatable bonds is 7. The molecule has 0 radical (unpaired) electrons. The summed E-state index contributed by atoms with van der Waals surface area (Å²) in [5.74, 6) is -0.981. The van der Waals surface area contributed by atoms with E-state index >= 15 is 0 Å². The van der Waals surface area contributed by atoms with Crippen molar-refractivity contribution in [1.29, 1.82) is 5.26 Å². The minimum absolute atomic E-state index is 0.177. The maximum Gasteiger partial charge on any atom is 0.359 e. The Balaban J connectivity index is 1.55. The number of benzene rings is 2. The molecule has 3 aromatic rings. The lowest BCUT2D eigenvalue weighted by atomic mass is 10.2. The van der Waals surface area contributed by atoms with Gasteiger partial charge >= 0.3 is 5.97 Å². The van der Waals surface area contributed by atoms with Crippen LogP contribution < -0.4 is 4.90 Å². The van der Waals surface area contributed by atoms with Gasteiger partial charge in [-0.1, -0.05) is 36.4 Å². The van der Waals surface area contributed by atoms with Gasteiger partial charge in [0.25, 0.3) is 5.91 Å². The summed E-state index contributed by atoms with van der Waals surface area (Å²) in [5, 5.41) is 13.5. The van der Waals surface area contributed by atoms with Crippen LogP contribution in [0.4, 0.5) is 5.69 Å². The van der Waals surface area contributed by atoms with Crippen molar-refractivity contribution < 1.29 is 14.3 Å². The third-order valence-electron chi connectivity index (χ3n) is 5.54. The molecule has 0 N–H and O–H groups in total. The highest BCUT2D eigenvalue weighted by Crippen LogP contribution is 2.28. The van der Waals surface area contributed by atoms with E-state index in [-0.39, 0.29) is 24.6 Å². The van der Waals surface area contributed by atoms with Crippen LogP contribution in [0.1, 0.15) is 41.5 Å². The number of nitrogens with zero attached hydrogens (tertiary/aromatic N) is 4. The Kier molecular flexibility index (Phi) is 6.31. The summed E-state index contributed by atoms with van der Waals surface area (Å²) in [5.41, 5.74) is 3.72. The van der Waals surface area contributed by atoms with Crippen LogP contribution >= 0.6 is 0 Å². The van der Waals surface area contributed by atoms with Crippen LogP contribution in [0.25, 0.3) is 5.69 Å². The fraction of sp³-hybridized carbons (Fsp3) is 0.280. The van der Waals surface area contributed by atoms with Gasteiger partial charge in [0.1, 0.15) is 0 Å². The molecule has 0 spiro atoms. The van der Waals surface area contributed by atoms with E-state index in [2.05, 4.69) is 11.2 Å². The number of fused-ring (bicyclic) bond motifs is 1. The van der Waals surface area contributed by atoms with E-state index in [1.165, 1.54) is 4.90 Å². The summed E-state index contributed by atoms with van der Waals surface area (Å²) < 4.78 is 7.37. The van der Waals surface area contributed by atoms with Crippen LogP contribution in [-0.4, -0.2) is 34.3 Å². The smallest absolute Gasteiger partial charge is 0.359 e. The molecule has 0 saturated carbocycles. The normalized spacial score (nSPS) is 13.1. The molecule has 2 aromatic carbocycles. The van der Waals surface area contributed by atoms with Crippen molar-refractivity contribution >= 4 is 17.6 Å². The maximum absolute atomic E-state index is 13.1. The lowest BCUT2D eigenvalue weighted by Gasteiger charge is -2.25. The predicted molar refractivity (Wildman–Crippen MR) is 119 cm³/mol. The van der Waals surface area contributed by atoms with E-state index < -0.39 is 12.1 Å². The number of para-hydroxylation sites is 2. The van der Waals surface area contributed by atoms with Gasteiger partial charge in [-0.2, -0.15) is 10.4 Å². The average Bonchev–Trinajstić information content (AvgIpc) is 3.43. The topological polar surface area (TPSA) is 88.2 Å². The Labute approximate surface area is 186 Å². The number of esters is 1. The Morgan fingerprint density at radius 2 is 1.81 bits per heavy atom. The molecule has 1 amide bonds. The number of anilines is 1. The highest BCUT2D eigenvalue weighted by Gasteiger charge is 2.31. The monoisotopic (exact) mass is 428 g/mol. The number of nitriles is 1. The van der Waals surface area contributed by atoms with Crippen molar-refractivity contribution in [3.8, 4) is 11.8 Å².